The van der Waals surface area contributed by atoms with E-state index in [0.717, 1.165) is 6.54 Å². The maximum Gasteiger partial charge on any atom is 0.0202 e. The summed E-state index contributed by atoms with van der Waals surface area (Å²) in [4.78, 5) is 0. The second-order valence-electron chi connectivity index (χ2n) is 5.66. The highest BCUT2D eigenvalue weighted by Crippen LogP contribution is 2.32. The lowest BCUT2D eigenvalue weighted by Gasteiger charge is -2.13. The predicted octanol–water partition coefficient (Wildman–Crippen LogP) is 4.84. The zero-order valence-corrected chi connectivity index (χ0v) is 12.9. The molecule has 3 rings (SSSR count). The fourth-order valence-corrected chi connectivity index (χ4v) is 3.03. The molecule has 1 N–H and O–H groups in total. The van der Waals surface area contributed by atoms with Gasteiger partial charge >= 0.3 is 0 Å². The van der Waals surface area contributed by atoms with Crippen molar-refractivity contribution in [1.29, 1.82) is 0 Å². The third-order valence-corrected chi connectivity index (χ3v) is 4.10. The van der Waals surface area contributed by atoms with Gasteiger partial charge in [-0.25, -0.2) is 0 Å². The van der Waals surface area contributed by atoms with Crippen molar-refractivity contribution in [3.63, 3.8) is 0 Å². The van der Waals surface area contributed by atoms with Crippen LogP contribution in [0.3, 0.4) is 0 Å². The zero-order chi connectivity index (χ0) is 14.8. The van der Waals surface area contributed by atoms with Gasteiger partial charge in [0.15, 0.2) is 0 Å². The monoisotopic (exact) mass is 275 g/mol. The van der Waals surface area contributed by atoms with Crippen molar-refractivity contribution in [2.75, 3.05) is 7.05 Å². The fourth-order valence-electron chi connectivity index (χ4n) is 3.03. The zero-order valence-electron chi connectivity index (χ0n) is 12.9. The van der Waals surface area contributed by atoms with E-state index in [2.05, 4.69) is 73.8 Å². The van der Waals surface area contributed by atoms with Crippen molar-refractivity contribution in [2.24, 2.45) is 0 Å². The molecule has 1 heteroatoms. The second kappa shape index (κ2) is 5.71. The molecule has 0 spiro atoms. The number of hydrogen-bond acceptors (Lipinski definition) is 1. The van der Waals surface area contributed by atoms with E-state index in [1.165, 1.54) is 38.6 Å². The number of aryl methyl sites for hydroxylation is 2. The summed E-state index contributed by atoms with van der Waals surface area (Å²) in [5.74, 6) is 0. The highest BCUT2D eigenvalue weighted by molar-refractivity contribution is 5.99. The van der Waals surface area contributed by atoms with Crippen molar-refractivity contribution in [3.8, 4) is 11.1 Å². The van der Waals surface area contributed by atoms with Gasteiger partial charge in [0.25, 0.3) is 0 Å². The quantitative estimate of drug-likeness (QED) is 0.721. The molecule has 21 heavy (non-hydrogen) atoms. The van der Waals surface area contributed by atoms with Gasteiger partial charge in [0.1, 0.15) is 0 Å². The Kier molecular flexibility index (Phi) is 3.76. The maximum absolute atomic E-state index is 3.21. The van der Waals surface area contributed by atoms with E-state index >= 15 is 0 Å². The van der Waals surface area contributed by atoms with E-state index < -0.39 is 0 Å². The summed E-state index contributed by atoms with van der Waals surface area (Å²) in [6.07, 6.45) is 0. The van der Waals surface area contributed by atoms with Crippen LogP contribution in [0.5, 0.6) is 0 Å². The molecule has 0 amide bonds. The number of fused-ring (bicyclic) bond motifs is 1. The van der Waals surface area contributed by atoms with Gasteiger partial charge in [-0.05, 0) is 59.5 Å². The first-order valence-electron chi connectivity index (χ1n) is 7.43. The van der Waals surface area contributed by atoms with Crippen LogP contribution in [0.2, 0.25) is 0 Å². The molecule has 106 valence electrons. The minimum atomic E-state index is 0.912. The van der Waals surface area contributed by atoms with Crippen LogP contribution in [0.25, 0.3) is 21.9 Å². The van der Waals surface area contributed by atoms with Crippen LogP contribution >= 0.6 is 0 Å². The molecule has 0 radical (unpaired) electrons. The SMILES string of the molecule is CNCc1ccc(-c2ccc(C)c3ccccc23)c(C)c1. The molecule has 0 aromatic heterocycles. The fraction of sp³-hybridized carbons (Fsp3) is 0.200. The van der Waals surface area contributed by atoms with Crippen molar-refractivity contribution in [2.45, 2.75) is 20.4 Å². The second-order valence-corrected chi connectivity index (χ2v) is 5.66. The molecule has 0 aliphatic heterocycles. The van der Waals surface area contributed by atoms with Gasteiger partial charge in [0.2, 0.25) is 0 Å². The number of rotatable bonds is 3. The van der Waals surface area contributed by atoms with Gasteiger partial charge in [0, 0.05) is 6.54 Å². The smallest absolute Gasteiger partial charge is 0.0202 e. The number of hydrogen-bond donors (Lipinski definition) is 1. The Morgan fingerprint density at radius 3 is 2.19 bits per heavy atom. The highest BCUT2D eigenvalue weighted by atomic mass is 14.8. The van der Waals surface area contributed by atoms with Crippen LogP contribution in [0, 0.1) is 13.8 Å². The Morgan fingerprint density at radius 2 is 1.48 bits per heavy atom. The molecule has 0 saturated heterocycles. The Hall–Kier alpha value is -2.12. The molecule has 0 bridgehead atoms. The van der Waals surface area contributed by atoms with Crippen LogP contribution in [-0.4, -0.2) is 7.05 Å². The maximum atomic E-state index is 3.21. The van der Waals surface area contributed by atoms with Gasteiger partial charge in [0.05, 0.1) is 0 Å². The Balaban J connectivity index is 2.19. The summed E-state index contributed by atoms with van der Waals surface area (Å²) < 4.78 is 0. The minimum Gasteiger partial charge on any atom is -0.316 e. The third-order valence-electron chi connectivity index (χ3n) is 4.10. The summed E-state index contributed by atoms with van der Waals surface area (Å²) in [6.45, 7) is 5.29. The molecular formula is C20H21N. The summed E-state index contributed by atoms with van der Waals surface area (Å²) in [6, 6.07) is 19.9. The van der Waals surface area contributed by atoms with Crippen LogP contribution in [0.15, 0.2) is 54.6 Å². The third kappa shape index (κ3) is 2.57. The van der Waals surface area contributed by atoms with Crippen molar-refractivity contribution >= 4 is 10.8 Å². The van der Waals surface area contributed by atoms with E-state index in [9.17, 15) is 0 Å². The molecule has 0 saturated carbocycles. The molecule has 0 unspecified atom stereocenters. The molecule has 0 heterocycles. The van der Waals surface area contributed by atoms with Gasteiger partial charge in [-0.2, -0.15) is 0 Å². The molecule has 3 aromatic carbocycles. The Morgan fingerprint density at radius 1 is 0.762 bits per heavy atom. The topological polar surface area (TPSA) is 12.0 Å². The lowest BCUT2D eigenvalue weighted by atomic mass is 9.92. The van der Waals surface area contributed by atoms with Crippen LogP contribution < -0.4 is 5.32 Å². The van der Waals surface area contributed by atoms with Crippen molar-refractivity contribution < 1.29 is 0 Å². The van der Waals surface area contributed by atoms with Crippen LogP contribution in [0.1, 0.15) is 16.7 Å². The minimum absolute atomic E-state index is 0.912. The largest absolute Gasteiger partial charge is 0.316 e. The van der Waals surface area contributed by atoms with E-state index in [0.29, 0.717) is 0 Å². The number of nitrogens with one attached hydrogen (secondary N) is 1. The normalized spacial score (nSPS) is 11.0. The van der Waals surface area contributed by atoms with Crippen molar-refractivity contribution in [1.82, 2.24) is 5.32 Å². The van der Waals surface area contributed by atoms with E-state index in [1.54, 1.807) is 0 Å². The first-order chi connectivity index (χ1) is 10.2. The lowest BCUT2D eigenvalue weighted by Crippen LogP contribution is -2.05. The average molecular weight is 275 g/mol. The van der Waals surface area contributed by atoms with Crippen LogP contribution in [0.4, 0.5) is 0 Å². The molecule has 0 fully saturated rings. The molecule has 0 atom stereocenters. The van der Waals surface area contributed by atoms with E-state index in [1.807, 2.05) is 7.05 Å². The van der Waals surface area contributed by atoms with Crippen LogP contribution in [-0.2, 0) is 6.54 Å². The van der Waals surface area contributed by atoms with Gasteiger partial charge < -0.3 is 5.32 Å². The van der Waals surface area contributed by atoms with E-state index in [4.69, 9.17) is 0 Å². The van der Waals surface area contributed by atoms with Gasteiger partial charge in [-0.15, -0.1) is 0 Å². The summed E-state index contributed by atoms with van der Waals surface area (Å²) in [5, 5.41) is 5.88. The van der Waals surface area contributed by atoms with Gasteiger partial charge in [-0.3, -0.25) is 0 Å². The Bertz CT molecular complexity index is 787. The standard InChI is InChI=1S/C20H21N/c1-14-8-10-20(19-7-5-4-6-17(14)19)18-11-9-16(13-21-3)12-15(18)2/h4-12,21H,13H2,1-3H3. The summed E-state index contributed by atoms with van der Waals surface area (Å²) >= 11 is 0. The Labute approximate surface area is 126 Å². The molecule has 0 aliphatic carbocycles. The molecule has 0 aliphatic rings. The van der Waals surface area contributed by atoms with E-state index in [-0.39, 0.29) is 0 Å². The highest BCUT2D eigenvalue weighted by Gasteiger charge is 2.08. The molecule has 3 aromatic rings. The summed E-state index contributed by atoms with van der Waals surface area (Å²) in [5.41, 5.74) is 6.64. The predicted molar refractivity (Wildman–Crippen MR) is 91.6 cm³/mol. The van der Waals surface area contributed by atoms with Gasteiger partial charge in [-0.1, -0.05) is 54.6 Å². The average Bonchev–Trinajstić information content (AvgIpc) is 2.49. The number of benzene rings is 3. The first kappa shape index (κ1) is 13.8. The summed E-state index contributed by atoms with van der Waals surface area (Å²) in [7, 11) is 1.98. The van der Waals surface area contributed by atoms with Crippen molar-refractivity contribution in [3.05, 3.63) is 71.3 Å². The molecule has 1 nitrogen and oxygen atoms in total. The lowest BCUT2D eigenvalue weighted by molar-refractivity contribution is 0.817. The first-order valence-corrected chi connectivity index (χ1v) is 7.43. The molecular weight excluding hydrogens is 254 g/mol.